The fourth-order valence-corrected chi connectivity index (χ4v) is 2.52. The number of rotatable bonds is 9. The minimum Gasteiger partial charge on any atom is -0.440 e. The summed E-state index contributed by atoms with van der Waals surface area (Å²) in [7, 11) is 0. The van der Waals surface area contributed by atoms with E-state index in [1.54, 1.807) is 24.3 Å². The van der Waals surface area contributed by atoms with Crippen LogP contribution < -0.4 is 15.4 Å². The zero-order chi connectivity index (χ0) is 22.9. The third kappa shape index (κ3) is 9.32. The molecule has 31 heavy (non-hydrogen) atoms. The van der Waals surface area contributed by atoms with Crippen molar-refractivity contribution >= 4 is 17.7 Å². The first-order chi connectivity index (χ1) is 14.6. The van der Waals surface area contributed by atoms with E-state index in [4.69, 9.17) is 0 Å². The maximum absolute atomic E-state index is 12.7. The Bertz CT molecular complexity index is 876. The molecular formula is C20H19F5N2O4. The predicted molar refractivity (Wildman–Crippen MR) is 101 cm³/mol. The van der Waals surface area contributed by atoms with E-state index in [1.807, 2.05) is 11.4 Å². The van der Waals surface area contributed by atoms with E-state index in [-0.39, 0.29) is 25.1 Å². The Morgan fingerprint density at radius 2 is 1.74 bits per heavy atom. The molecule has 11 heteroatoms. The van der Waals surface area contributed by atoms with Crippen LogP contribution in [0.1, 0.15) is 17.5 Å². The third-order valence-electron chi connectivity index (χ3n) is 3.79. The topological polar surface area (TPSA) is 76.7 Å². The van der Waals surface area contributed by atoms with Crippen molar-refractivity contribution in [3.05, 3.63) is 59.7 Å². The van der Waals surface area contributed by atoms with E-state index in [1.165, 1.54) is 18.2 Å². The number of alkyl carbamates (subject to hydrolysis) is 1. The van der Waals surface area contributed by atoms with Crippen molar-refractivity contribution in [2.75, 3.05) is 18.5 Å². The van der Waals surface area contributed by atoms with Gasteiger partial charge in [0.1, 0.15) is 5.75 Å². The number of hydrogen-bond acceptors (Lipinski definition) is 4. The normalized spacial score (nSPS) is 11.2. The van der Waals surface area contributed by atoms with Crippen molar-refractivity contribution in [3.63, 3.8) is 0 Å². The maximum atomic E-state index is 12.7. The second-order valence-corrected chi connectivity index (χ2v) is 6.28. The van der Waals surface area contributed by atoms with E-state index in [0.717, 1.165) is 5.56 Å². The Morgan fingerprint density at radius 1 is 1.03 bits per heavy atom. The third-order valence-corrected chi connectivity index (χ3v) is 3.79. The number of carbonyl (C=O) groups is 2. The van der Waals surface area contributed by atoms with E-state index in [2.05, 4.69) is 14.8 Å². The van der Waals surface area contributed by atoms with Crippen LogP contribution in [0.15, 0.2) is 48.5 Å². The fourth-order valence-electron chi connectivity index (χ4n) is 2.52. The van der Waals surface area contributed by atoms with Gasteiger partial charge in [-0.3, -0.25) is 4.79 Å². The quantitative estimate of drug-likeness (QED) is 0.557. The largest absolute Gasteiger partial charge is 0.440 e. The number of hydrogen-bond donors (Lipinski definition) is 2. The molecule has 0 aromatic heterocycles. The Kier molecular flexibility index (Phi) is 8.59. The van der Waals surface area contributed by atoms with E-state index < -0.39 is 31.4 Å². The molecule has 2 aromatic rings. The minimum absolute atomic E-state index is 0.0362. The van der Waals surface area contributed by atoms with Gasteiger partial charge in [-0.05, 0) is 23.8 Å². The van der Waals surface area contributed by atoms with Crippen LogP contribution >= 0.6 is 0 Å². The summed E-state index contributed by atoms with van der Waals surface area (Å²) in [5, 5.41) is 4.55. The lowest BCUT2D eigenvalue weighted by molar-refractivity contribution is -0.160. The number of anilines is 1. The predicted octanol–water partition coefficient (Wildman–Crippen LogP) is 4.50. The number of benzene rings is 2. The van der Waals surface area contributed by atoms with Crippen molar-refractivity contribution in [2.45, 2.75) is 25.6 Å². The lowest BCUT2D eigenvalue weighted by Gasteiger charge is -2.14. The van der Waals surface area contributed by atoms with Gasteiger partial charge in [0.05, 0.1) is 0 Å². The standard InChI is InChI=1S/C20H19F5N2O4/c21-18(22)31-16-7-6-15(11-14(16)10-13-4-2-1-3-5-13)27-17(28)8-9-26-19(29)30-12-20(23,24)25/h1-7,11,18H,8-10,12H2,(H,26,29)(H,27,28). The molecule has 2 rings (SSSR count). The molecule has 0 aliphatic rings. The lowest BCUT2D eigenvalue weighted by Crippen LogP contribution is -2.31. The highest BCUT2D eigenvalue weighted by Crippen LogP contribution is 2.27. The van der Waals surface area contributed by atoms with Crippen LogP contribution in [0.5, 0.6) is 5.75 Å². The van der Waals surface area contributed by atoms with E-state index in [0.29, 0.717) is 11.3 Å². The molecule has 0 saturated carbocycles. The summed E-state index contributed by atoms with van der Waals surface area (Å²) >= 11 is 0. The summed E-state index contributed by atoms with van der Waals surface area (Å²) in [5.41, 5.74) is 1.56. The first-order valence-corrected chi connectivity index (χ1v) is 9.01. The summed E-state index contributed by atoms with van der Waals surface area (Å²) in [6, 6.07) is 13.2. The number of nitrogens with one attached hydrogen (secondary N) is 2. The average molecular weight is 446 g/mol. The molecule has 0 spiro atoms. The van der Waals surface area contributed by atoms with Crippen molar-refractivity contribution in [1.82, 2.24) is 5.32 Å². The Balaban J connectivity index is 1.93. The van der Waals surface area contributed by atoms with Crippen molar-refractivity contribution in [2.24, 2.45) is 0 Å². The molecule has 0 radical (unpaired) electrons. The van der Waals surface area contributed by atoms with Gasteiger partial charge in [0.25, 0.3) is 0 Å². The van der Waals surface area contributed by atoms with Gasteiger partial charge in [-0.15, -0.1) is 0 Å². The van der Waals surface area contributed by atoms with Crippen LogP contribution in [0.2, 0.25) is 0 Å². The fraction of sp³-hybridized carbons (Fsp3) is 0.300. The van der Waals surface area contributed by atoms with Crippen LogP contribution in [0.25, 0.3) is 0 Å². The molecule has 0 bridgehead atoms. The van der Waals surface area contributed by atoms with E-state index in [9.17, 15) is 31.5 Å². The molecule has 2 aromatic carbocycles. The molecule has 2 amide bonds. The molecule has 0 aliphatic heterocycles. The second kappa shape index (κ2) is 11.1. The number of halogens is 5. The van der Waals surface area contributed by atoms with Gasteiger partial charge >= 0.3 is 18.9 Å². The molecule has 0 aliphatic carbocycles. The zero-order valence-corrected chi connectivity index (χ0v) is 16.0. The molecule has 6 nitrogen and oxygen atoms in total. The molecule has 0 atom stereocenters. The molecule has 0 unspecified atom stereocenters. The number of amides is 2. The molecule has 0 heterocycles. The highest BCUT2D eigenvalue weighted by atomic mass is 19.4. The monoisotopic (exact) mass is 446 g/mol. The van der Waals surface area contributed by atoms with Crippen LogP contribution in [0.3, 0.4) is 0 Å². The highest BCUT2D eigenvalue weighted by molar-refractivity contribution is 5.91. The summed E-state index contributed by atoms with van der Waals surface area (Å²) in [4.78, 5) is 23.1. The summed E-state index contributed by atoms with van der Waals surface area (Å²) in [6.07, 6.45) is -5.92. The van der Waals surface area contributed by atoms with Gasteiger partial charge in [0.15, 0.2) is 6.61 Å². The minimum atomic E-state index is -4.65. The highest BCUT2D eigenvalue weighted by Gasteiger charge is 2.29. The number of carbonyl (C=O) groups excluding carboxylic acids is 2. The first-order valence-electron chi connectivity index (χ1n) is 9.01. The van der Waals surface area contributed by atoms with Crippen molar-refractivity contribution in [3.8, 4) is 5.75 Å². The van der Waals surface area contributed by atoms with Crippen LogP contribution in [-0.2, 0) is 16.0 Å². The van der Waals surface area contributed by atoms with Gasteiger partial charge in [0.2, 0.25) is 5.91 Å². The lowest BCUT2D eigenvalue weighted by atomic mass is 10.0. The molecule has 0 saturated heterocycles. The van der Waals surface area contributed by atoms with E-state index >= 15 is 0 Å². The average Bonchev–Trinajstić information content (AvgIpc) is 2.68. The number of ether oxygens (including phenoxy) is 2. The number of alkyl halides is 5. The Labute approximate surface area is 174 Å². The summed E-state index contributed by atoms with van der Waals surface area (Å²) < 4.78 is 69.7. The molecule has 2 N–H and O–H groups in total. The van der Waals surface area contributed by atoms with Gasteiger partial charge in [-0.2, -0.15) is 22.0 Å². The zero-order valence-electron chi connectivity index (χ0n) is 16.0. The van der Waals surface area contributed by atoms with Gasteiger partial charge in [0, 0.05) is 30.6 Å². The summed E-state index contributed by atoms with van der Waals surface area (Å²) in [5.74, 6) is -0.588. The van der Waals surface area contributed by atoms with Crippen LogP contribution in [0, 0.1) is 0 Å². The SMILES string of the molecule is O=C(CCNC(=O)OCC(F)(F)F)Nc1ccc(OC(F)F)c(Cc2ccccc2)c1. The molecule has 0 fully saturated rings. The summed E-state index contributed by atoms with van der Waals surface area (Å²) in [6.45, 7) is -5.01. The van der Waals surface area contributed by atoms with Gasteiger partial charge < -0.3 is 20.1 Å². The van der Waals surface area contributed by atoms with Crippen molar-refractivity contribution < 1.29 is 41.0 Å². The van der Waals surface area contributed by atoms with Gasteiger partial charge in [-0.25, -0.2) is 4.79 Å². The van der Waals surface area contributed by atoms with Crippen LogP contribution in [-0.4, -0.2) is 37.9 Å². The second-order valence-electron chi connectivity index (χ2n) is 6.28. The van der Waals surface area contributed by atoms with Crippen LogP contribution in [0.4, 0.5) is 32.4 Å². The smallest absolute Gasteiger partial charge is 0.422 e. The Hall–Kier alpha value is -3.37. The molecule has 168 valence electrons. The van der Waals surface area contributed by atoms with Gasteiger partial charge in [-0.1, -0.05) is 30.3 Å². The maximum Gasteiger partial charge on any atom is 0.422 e. The Morgan fingerprint density at radius 3 is 2.39 bits per heavy atom. The first kappa shape index (κ1) is 23.9. The van der Waals surface area contributed by atoms with Crippen molar-refractivity contribution in [1.29, 1.82) is 0 Å². The molecular weight excluding hydrogens is 427 g/mol.